The van der Waals surface area contributed by atoms with Gasteiger partial charge in [0.15, 0.2) is 0 Å². The highest BCUT2D eigenvalue weighted by molar-refractivity contribution is 5.85. The van der Waals surface area contributed by atoms with Crippen LogP contribution in [0.2, 0.25) is 0 Å². The summed E-state index contributed by atoms with van der Waals surface area (Å²) >= 11 is 0. The van der Waals surface area contributed by atoms with E-state index in [4.69, 9.17) is 4.74 Å². The van der Waals surface area contributed by atoms with E-state index >= 15 is 0 Å². The zero-order valence-electron chi connectivity index (χ0n) is 12.9. The topological polar surface area (TPSA) is 26.3 Å². The van der Waals surface area contributed by atoms with E-state index in [-0.39, 0.29) is 11.4 Å². The quantitative estimate of drug-likeness (QED) is 0.612. The molecule has 0 amide bonds. The molecule has 0 bridgehead atoms. The van der Waals surface area contributed by atoms with Crippen LogP contribution in [0, 0.1) is 18.3 Å². The fraction of sp³-hybridized carbons (Fsp3) is 0.350. The molecule has 0 spiro atoms. The minimum absolute atomic E-state index is 0.0243. The van der Waals surface area contributed by atoms with Crippen molar-refractivity contribution in [3.8, 4) is 0 Å². The molecular weight excluding hydrogens is 272 g/mol. The summed E-state index contributed by atoms with van der Waals surface area (Å²) in [5.41, 5.74) is 3.34. The van der Waals surface area contributed by atoms with Crippen LogP contribution in [0.3, 0.4) is 0 Å². The summed E-state index contributed by atoms with van der Waals surface area (Å²) in [6.07, 6.45) is 2.48. The number of hydrogen-bond acceptors (Lipinski definition) is 2. The minimum Gasteiger partial charge on any atom is -0.465 e. The molecule has 1 saturated heterocycles. The summed E-state index contributed by atoms with van der Waals surface area (Å²) in [6, 6.07) is 12.8. The Balaban J connectivity index is 1.78. The first-order valence-electron chi connectivity index (χ1n) is 7.91. The van der Waals surface area contributed by atoms with Crippen molar-refractivity contribution in [1.29, 1.82) is 0 Å². The van der Waals surface area contributed by atoms with E-state index in [1.165, 1.54) is 27.5 Å². The first-order valence-corrected chi connectivity index (χ1v) is 7.91. The number of hydrogen-bond donors (Lipinski definition) is 0. The molecule has 2 atom stereocenters. The molecule has 22 heavy (non-hydrogen) atoms. The van der Waals surface area contributed by atoms with Gasteiger partial charge in [0.1, 0.15) is 0 Å². The molecule has 2 aromatic rings. The molecule has 2 aromatic carbocycles. The number of aryl methyl sites for hydroxylation is 1. The van der Waals surface area contributed by atoms with Crippen molar-refractivity contribution in [2.75, 3.05) is 6.61 Å². The summed E-state index contributed by atoms with van der Waals surface area (Å²) in [7, 11) is 0. The van der Waals surface area contributed by atoms with Gasteiger partial charge in [-0.2, -0.15) is 0 Å². The fourth-order valence-corrected chi connectivity index (χ4v) is 4.19. The Bertz CT molecular complexity index is 789. The summed E-state index contributed by atoms with van der Waals surface area (Å²) in [5, 5.41) is 2.49. The van der Waals surface area contributed by atoms with E-state index in [1.54, 1.807) is 0 Å². The fourth-order valence-electron chi connectivity index (χ4n) is 4.19. The highest BCUT2D eigenvalue weighted by Crippen LogP contribution is 2.52. The smallest absolute Gasteiger partial charge is 0.313 e. The number of benzene rings is 2. The molecule has 2 heteroatoms. The average Bonchev–Trinajstić information content (AvgIpc) is 2.95. The Kier molecular flexibility index (Phi) is 2.90. The molecule has 1 heterocycles. The lowest BCUT2D eigenvalue weighted by Crippen LogP contribution is -2.31. The number of fused-ring (bicyclic) bond motifs is 2. The van der Waals surface area contributed by atoms with Crippen molar-refractivity contribution in [3.05, 3.63) is 59.7 Å². The molecule has 4 rings (SSSR count). The number of carbonyl (C=O) groups excluding carboxylic acids is 1. The maximum absolute atomic E-state index is 12.4. The second kappa shape index (κ2) is 4.70. The Morgan fingerprint density at radius 2 is 2.00 bits per heavy atom. The molecule has 0 radical (unpaired) electrons. The molecule has 112 valence electrons. The van der Waals surface area contributed by atoms with Crippen LogP contribution in [0.15, 0.2) is 48.6 Å². The van der Waals surface area contributed by atoms with Crippen molar-refractivity contribution < 1.29 is 9.53 Å². The van der Waals surface area contributed by atoms with Gasteiger partial charge in [0.25, 0.3) is 0 Å². The molecule has 2 unspecified atom stereocenters. The molecule has 2 aliphatic rings. The molecule has 2 nitrogen and oxygen atoms in total. The highest BCUT2D eigenvalue weighted by Gasteiger charge is 2.56. The Morgan fingerprint density at radius 3 is 2.77 bits per heavy atom. The largest absolute Gasteiger partial charge is 0.465 e. The van der Waals surface area contributed by atoms with Crippen molar-refractivity contribution in [2.45, 2.75) is 26.2 Å². The van der Waals surface area contributed by atoms with Gasteiger partial charge in [-0.3, -0.25) is 4.79 Å². The minimum atomic E-state index is -0.371. The van der Waals surface area contributed by atoms with Gasteiger partial charge in [-0.1, -0.05) is 48.6 Å². The SMILES string of the molecule is C=C1CC2COC(=O)C2(Cc2cc3ccccc3cc2C)C1. The van der Waals surface area contributed by atoms with Gasteiger partial charge in [0.05, 0.1) is 12.0 Å². The predicted octanol–water partition coefficient (Wildman–Crippen LogP) is 4.20. The first-order chi connectivity index (χ1) is 10.6. The second-order valence-electron chi connectivity index (χ2n) is 6.89. The van der Waals surface area contributed by atoms with E-state index in [2.05, 4.69) is 49.9 Å². The molecule has 1 saturated carbocycles. The molecule has 0 aromatic heterocycles. The standard InChI is InChI=1S/C20H20O2/c1-13-7-18-12-22-19(21)20(18,10-13)11-17-9-16-6-4-3-5-15(16)8-14(17)2/h3-6,8-9,18H,1,7,10-12H2,2H3. The van der Waals surface area contributed by atoms with Crippen LogP contribution < -0.4 is 0 Å². The predicted molar refractivity (Wildman–Crippen MR) is 87.6 cm³/mol. The maximum atomic E-state index is 12.4. The highest BCUT2D eigenvalue weighted by atomic mass is 16.5. The average molecular weight is 292 g/mol. The summed E-state index contributed by atoms with van der Waals surface area (Å²) in [6.45, 7) is 6.82. The van der Waals surface area contributed by atoms with Crippen molar-refractivity contribution in [2.24, 2.45) is 11.3 Å². The van der Waals surface area contributed by atoms with Crippen LogP contribution in [0.25, 0.3) is 10.8 Å². The number of allylic oxidation sites excluding steroid dienone is 1. The summed E-state index contributed by atoms with van der Waals surface area (Å²) in [5.74, 6) is 0.280. The lowest BCUT2D eigenvalue weighted by Gasteiger charge is -2.25. The number of esters is 1. The lowest BCUT2D eigenvalue weighted by atomic mass is 9.74. The van der Waals surface area contributed by atoms with E-state index < -0.39 is 0 Å². The second-order valence-corrected chi connectivity index (χ2v) is 6.89. The van der Waals surface area contributed by atoms with Gasteiger partial charge in [-0.05, 0) is 48.1 Å². The van der Waals surface area contributed by atoms with Crippen LogP contribution in [0.1, 0.15) is 24.0 Å². The zero-order chi connectivity index (χ0) is 15.3. The molecule has 0 N–H and O–H groups in total. The lowest BCUT2D eigenvalue weighted by molar-refractivity contribution is -0.146. The van der Waals surface area contributed by atoms with Crippen LogP contribution in [0.5, 0.6) is 0 Å². The summed E-state index contributed by atoms with van der Waals surface area (Å²) < 4.78 is 5.39. The summed E-state index contributed by atoms with van der Waals surface area (Å²) in [4.78, 5) is 12.4. The van der Waals surface area contributed by atoms with Crippen LogP contribution >= 0.6 is 0 Å². The van der Waals surface area contributed by atoms with Crippen LogP contribution in [0.4, 0.5) is 0 Å². The number of cyclic esters (lactones) is 1. The van der Waals surface area contributed by atoms with Gasteiger partial charge in [-0.15, -0.1) is 0 Å². The maximum Gasteiger partial charge on any atom is 0.313 e. The van der Waals surface area contributed by atoms with Crippen LogP contribution in [-0.2, 0) is 16.0 Å². The van der Waals surface area contributed by atoms with Gasteiger partial charge in [0.2, 0.25) is 0 Å². The molecule has 1 aliphatic heterocycles. The number of carbonyl (C=O) groups is 1. The zero-order valence-corrected chi connectivity index (χ0v) is 12.9. The van der Waals surface area contributed by atoms with E-state index in [0.717, 1.165) is 19.3 Å². The van der Waals surface area contributed by atoms with E-state index in [0.29, 0.717) is 12.5 Å². The number of rotatable bonds is 2. The number of ether oxygens (including phenoxy) is 1. The normalized spacial score (nSPS) is 27.2. The Hall–Kier alpha value is -2.09. The third-order valence-electron chi connectivity index (χ3n) is 5.41. The van der Waals surface area contributed by atoms with Crippen molar-refractivity contribution in [1.82, 2.24) is 0 Å². The van der Waals surface area contributed by atoms with Crippen molar-refractivity contribution in [3.63, 3.8) is 0 Å². The van der Waals surface area contributed by atoms with E-state index in [1.807, 2.05) is 0 Å². The molecule has 1 aliphatic carbocycles. The third kappa shape index (κ3) is 1.90. The van der Waals surface area contributed by atoms with Gasteiger partial charge < -0.3 is 4.74 Å². The third-order valence-corrected chi connectivity index (χ3v) is 5.41. The Morgan fingerprint density at radius 1 is 1.27 bits per heavy atom. The van der Waals surface area contributed by atoms with Crippen molar-refractivity contribution >= 4 is 16.7 Å². The Labute approximate surface area is 130 Å². The van der Waals surface area contributed by atoms with Crippen LogP contribution in [-0.4, -0.2) is 12.6 Å². The van der Waals surface area contributed by atoms with Gasteiger partial charge >= 0.3 is 5.97 Å². The van der Waals surface area contributed by atoms with Gasteiger partial charge in [0, 0.05) is 5.92 Å². The first kappa shape index (κ1) is 13.6. The van der Waals surface area contributed by atoms with Gasteiger partial charge in [-0.25, -0.2) is 0 Å². The molecular formula is C20H20O2. The monoisotopic (exact) mass is 292 g/mol. The molecule has 2 fully saturated rings. The van der Waals surface area contributed by atoms with E-state index in [9.17, 15) is 4.79 Å².